The highest BCUT2D eigenvalue weighted by atomic mass is 16.2. The van der Waals surface area contributed by atoms with Crippen molar-refractivity contribution in [2.75, 3.05) is 20.6 Å². The maximum atomic E-state index is 11.6. The Hall–Kier alpha value is -0.570. The first-order chi connectivity index (χ1) is 6.02. The molecule has 76 valence electrons. The standard InChI is InChI=1S/C10H20N2O/c1-7(2)8-5-9(11-6-8)10(13)12(3)4/h7-9,11H,5-6H2,1-4H3. The number of hydrogen-bond donors (Lipinski definition) is 1. The quantitative estimate of drug-likeness (QED) is 0.685. The van der Waals surface area contributed by atoms with Crippen molar-refractivity contribution >= 4 is 5.91 Å². The molecule has 0 aromatic carbocycles. The highest BCUT2D eigenvalue weighted by molar-refractivity contribution is 5.81. The maximum Gasteiger partial charge on any atom is 0.239 e. The van der Waals surface area contributed by atoms with Crippen molar-refractivity contribution in [2.24, 2.45) is 11.8 Å². The van der Waals surface area contributed by atoms with E-state index in [0.29, 0.717) is 11.8 Å². The summed E-state index contributed by atoms with van der Waals surface area (Å²) in [5, 5.41) is 3.28. The summed E-state index contributed by atoms with van der Waals surface area (Å²) in [6.07, 6.45) is 0.995. The van der Waals surface area contributed by atoms with E-state index in [2.05, 4.69) is 19.2 Å². The van der Waals surface area contributed by atoms with Crippen LogP contribution in [0.25, 0.3) is 0 Å². The van der Waals surface area contributed by atoms with E-state index in [-0.39, 0.29) is 11.9 Å². The summed E-state index contributed by atoms with van der Waals surface area (Å²) in [5.41, 5.74) is 0. The van der Waals surface area contributed by atoms with E-state index in [9.17, 15) is 4.79 Å². The largest absolute Gasteiger partial charge is 0.347 e. The first kappa shape index (κ1) is 10.5. The van der Waals surface area contributed by atoms with E-state index < -0.39 is 0 Å². The van der Waals surface area contributed by atoms with Crippen LogP contribution in [0.1, 0.15) is 20.3 Å². The van der Waals surface area contributed by atoms with Gasteiger partial charge in [-0.2, -0.15) is 0 Å². The third-order valence-corrected chi connectivity index (χ3v) is 2.85. The molecule has 0 saturated carbocycles. The minimum atomic E-state index is 0.0578. The monoisotopic (exact) mass is 184 g/mol. The van der Waals surface area contributed by atoms with Gasteiger partial charge in [-0.05, 0) is 24.8 Å². The molecule has 1 N–H and O–H groups in total. The van der Waals surface area contributed by atoms with Crippen LogP contribution in [0.2, 0.25) is 0 Å². The molecular weight excluding hydrogens is 164 g/mol. The average molecular weight is 184 g/mol. The SMILES string of the molecule is CC(C)C1CNC(C(=O)N(C)C)C1. The van der Waals surface area contributed by atoms with Gasteiger partial charge in [0.15, 0.2) is 0 Å². The summed E-state index contributed by atoms with van der Waals surface area (Å²) in [5.74, 6) is 1.55. The molecule has 0 aromatic rings. The van der Waals surface area contributed by atoms with Gasteiger partial charge in [-0.25, -0.2) is 0 Å². The Balaban J connectivity index is 2.45. The van der Waals surface area contributed by atoms with Crippen molar-refractivity contribution in [3.63, 3.8) is 0 Å². The summed E-state index contributed by atoms with van der Waals surface area (Å²) < 4.78 is 0. The Bertz CT molecular complexity index is 189. The first-order valence-corrected chi connectivity index (χ1v) is 4.97. The zero-order valence-electron chi connectivity index (χ0n) is 9.00. The minimum Gasteiger partial charge on any atom is -0.347 e. The van der Waals surface area contributed by atoms with Crippen LogP contribution in [0.3, 0.4) is 0 Å². The van der Waals surface area contributed by atoms with E-state index in [4.69, 9.17) is 0 Å². The highest BCUT2D eigenvalue weighted by Crippen LogP contribution is 2.22. The molecule has 13 heavy (non-hydrogen) atoms. The van der Waals surface area contributed by atoms with Gasteiger partial charge in [-0.3, -0.25) is 4.79 Å². The molecule has 0 bridgehead atoms. The molecule has 1 aliphatic heterocycles. The molecule has 1 heterocycles. The van der Waals surface area contributed by atoms with Crippen molar-refractivity contribution in [3.8, 4) is 0 Å². The molecule has 1 saturated heterocycles. The molecule has 1 fully saturated rings. The second kappa shape index (κ2) is 4.09. The fraction of sp³-hybridized carbons (Fsp3) is 0.900. The predicted molar refractivity (Wildman–Crippen MR) is 53.4 cm³/mol. The topological polar surface area (TPSA) is 32.3 Å². The second-order valence-electron chi connectivity index (χ2n) is 4.43. The van der Waals surface area contributed by atoms with Crippen molar-refractivity contribution in [1.82, 2.24) is 10.2 Å². The molecular formula is C10H20N2O. The van der Waals surface area contributed by atoms with Crippen LogP contribution in [-0.2, 0) is 4.79 Å². The number of carbonyl (C=O) groups is 1. The van der Waals surface area contributed by atoms with Crippen LogP contribution in [0.15, 0.2) is 0 Å². The summed E-state index contributed by atoms with van der Waals surface area (Å²) in [7, 11) is 3.62. The number of likely N-dealkylation sites (N-methyl/N-ethyl adjacent to an activating group) is 1. The lowest BCUT2D eigenvalue weighted by atomic mass is 9.93. The molecule has 0 spiro atoms. The Morgan fingerprint density at radius 2 is 2.08 bits per heavy atom. The van der Waals surface area contributed by atoms with E-state index in [0.717, 1.165) is 13.0 Å². The molecule has 1 rings (SSSR count). The van der Waals surface area contributed by atoms with Crippen molar-refractivity contribution in [1.29, 1.82) is 0 Å². The van der Waals surface area contributed by atoms with Crippen molar-refractivity contribution in [3.05, 3.63) is 0 Å². The van der Waals surface area contributed by atoms with Gasteiger partial charge < -0.3 is 10.2 Å². The lowest BCUT2D eigenvalue weighted by Crippen LogP contribution is -2.39. The summed E-state index contributed by atoms with van der Waals surface area (Å²) in [6, 6.07) is 0.0578. The van der Waals surface area contributed by atoms with Crippen LogP contribution in [-0.4, -0.2) is 37.5 Å². The molecule has 0 aromatic heterocycles. The summed E-state index contributed by atoms with van der Waals surface area (Å²) >= 11 is 0. The zero-order chi connectivity index (χ0) is 10.0. The normalized spacial score (nSPS) is 28.1. The smallest absolute Gasteiger partial charge is 0.239 e. The first-order valence-electron chi connectivity index (χ1n) is 4.97. The van der Waals surface area contributed by atoms with Crippen LogP contribution in [0.5, 0.6) is 0 Å². The number of rotatable bonds is 2. The molecule has 3 heteroatoms. The summed E-state index contributed by atoms with van der Waals surface area (Å²) in [6.45, 7) is 5.42. The number of carbonyl (C=O) groups excluding carboxylic acids is 1. The average Bonchev–Trinajstić information content (AvgIpc) is 2.50. The van der Waals surface area contributed by atoms with Gasteiger partial charge in [0.05, 0.1) is 6.04 Å². The van der Waals surface area contributed by atoms with Crippen molar-refractivity contribution < 1.29 is 4.79 Å². The van der Waals surface area contributed by atoms with Gasteiger partial charge in [-0.15, -0.1) is 0 Å². The number of hydrogen-bond acceptors (Lipinski definition) is 2. The molecule has 2 unspecified atom stereocenters. The minimum absolute atomic E-state index is 0.0578. The van der Waals surface area contributed by atoms with Crippen molar-refractivity contribution in [2.45, 2.75) is 26.3 Å². The molecule has 1 aliphatic rings. The third-order valence-electron chi connectivity index (χ3n) is 2.85. The molecule has 1 amide bonds. The molecule has 0 radical (unpaired) electrons. The Kier molecular flexibility index (Phi) is 3.31. The Morgan fingerprint density at radius 3 is 2.46 bits per heavy atom. The third kappa shape index (κ3) is 2.44. The van der Waals surface area contributed by atoms with Crippen LogP contribution in [0, 0.1) is 11.8 Å². The molecule has 2 atom stereocenters. The summed E-state index contributed by atoms with van der Waals surface area (Å²) in [4.78, 5) is 13.2. The van der Waals surface area contributed by atoms with Gasteiger partial charge >= 0.3 is 0 Å². The zero-order valence-corrected chi connectivity index (χ0v) is 9.00. The number of nitrogens with one attached hydrogen (secondary N) is 1. The van der Waals surface area contributed by atoms with Gasteiger partial charge in [0.2, 0.25) is 5.91 Å². The molecule has 3 nitrogen and oxygen atoms in total. The van der Waals surface area contributed by atoms with E-state index in [1.807, 2.05) is 14.1 Å². The van der Waals surface area contributed by atoms with Crippen LogP contribution in [0.4, 0.5) is 0 Å². The fourth-order valence-corrected chi connectivity index (χ4v) is 1.77. The number of amides is 1. The van der Waals surface area contributed by atoms with E-state index >= 15 is 0 Å². The van der Waals surface area contributed by atoms with Gasteiger partial charge in [-0.1, -0.05) is 13.8 Å². The van der Waals surface area contributed by atoms with Crippen LogP contribution >= 0.6 is 0 Å². The van der Waals surface area contributed by atoms with E-state index in [1.165, 1.54) is 0 Å². The highest BCUT2D eigenvalue weighted by Gasteiger charge is 2.31. The number of nitrogens with zero attached hydrogens (tertiary/aromatic N) is 1. The second-order valence-corrected chi connectivity index (χ2v) is 4.43. The lowest BCUT2D eigenvalue weighted by Gasteiger charge is -2.16. The lowest BCUT2D eigenvalue weighted by molar-refractivity contribution is -0.130. The van der Waals surface area contributed by atoms with E-state index in [1.54, 1.807) is 4.90 Å². The van der Waals surface area contributed by atoms with Gasteiger partial charge in [0.25, 0.3) is 0 Å². The Labute approximate surface area is 80.5 Å². The Morgan fingerprint density at radius 1 is 1.46 bits per heavy atom. The van der Waals surface area contributed by atoms with Gasteiger partial charge in [0.1, 0.15) is 0 Å². The van der Waals surface area contributed by atoms with Crippen LogP contribution < -0.4 is 5.32 Å². The van der Waals surface area contributed by atoms with Gasteiger partial charge in [0, 0.05) is 14.1 Å². The molecule has 0 aliphatic carbocycles. The fourth-order valence-electron chi connectivity index (χ4n) is 1.77. The predicted octanol–water partition coefficient (Wildman–Crippen LogP) is 0.709. The maximum absolute atomic E-state index is 11.6.